The second kappa shape index (κ2) is 6.44. The molecule has 130 valence electrons. The molecular weight excluding hydrogens is 314 g/mol. The van der Waals surface area contributed by atoms with E-state index in [2.05, 4.69) is 20.2 Å². The van der Waals surface area contributed by atoms with E-state index in [9.17, 15) is 4.79 Å². The normalized spacial score (nSPS) is 22.7. The van der Waals surface area contributed by atoms with Crippen LogP contribution in [0.3, 0.4) is 0 Å². The van der Waals surface area contributed by atoms with Gasteiger partial charge in [0.2, 0.25) is 5.95 Å². The fourth-order valence-corrected chi connectivity index (χ4v) is 3.89. The van der Waals surface area contributed by atoms with Crippen LogP contribution in [0.15, 0.2) is 30.3 Å². The molecule has 0 radical (unpaired) electrons. The Kier molecular flexibility index (Phi) is 4.13. The van der Waals surface area contributed by atoms with E-state index >= 15 is 0 Å². The number of nitrogen functional groups attached to an aromatic ring is 1. The third kappa shape index (κ3) is 3.22. The van der Waals surface area contributed by atoms with Crippen LogP contribution in [0.1, 0.15) is 30.1 Å². The molecule has 2 aliphatic rings. The monoisotopic (exact) mass is 337 g/mol. The van der Waals surface area contributed by atoms with Crippen molar-refractivity contribution in [3.05, 3.63) is 35.9 Å². The average Bonchev–Trinajstić information content (AvgIpc) is 3.05. The molecule has 2 aromatic rings. The van der Waals surface area contributed by atoms with Crippen molar-refractivity contribution in [3.63, 3.8) is 0 Å². The fourth-order valence-electron chi connectivity index (χ4n) is 3.89. The number of carbonyl (C=O) groups excluding carboxylic acids is 1. The summed E-state index contributed by atoms with van der Waals surface area (Å²) in [5.41, 5.74) is 8.30. The Morgan fingerprint density at radius 3 is 2.96 bits per heavy atom. The van der Waals surface area contributed by atoms with Gasteiger partial charge in [-0.3, -0.25) is 4.79 Å². The molecule has 1 aromatic carbocycles. The van der Waals surface area contributed by atoms with E-state index in [1.54, 1.807) is 6.92 Å². The number of hydrogen-bond donors (Lipinski definition) is 2. The van der Waals surface area contributed by atoms with Gasteiger partial charge in [-0.25, -0.2) is 4.98 Å². The number of ketones is 1. The van der Waals surface area contributed by atoms with E-state index < -0.39 is 0 Å². The number of benzene rings is 1. The summed E-state index contributed by atoms with van der Waals surface area (Å²) in [6, 6.07) is 10.0. The van der Waals surface area contributed by atoms with E-state index in [0.717, 1.165) is 36.7 Å². The van der Waals surface area contributed by atoms with Gasteiger partial charge in [-0.1, -0.05) is 18.2 Å². The van der Waals surface area contributed by atoms with Crippen molar-refractivity contribution in [1.29, 1.82) is 0 Å². The Bertz CT molecular complexity index is 792. The van der Waals surface area contributed by atoms with E-state index in [-0.39, 0.29) is 11.7 Å². The number of hydrogen-bond acceptors (Lipinski definition) is 6. The van der Waals surface area contributed by atoms with Crippen molar-refractivity contribution < 1.29 is 4.79 Å². The van der Waals surface area contributed by atoms with Crippen LogP contribution in [-0.4, -0.2) is 41.4 Å². The van der Waals surface area contributed by atoms with E-state index in [1.165, 1.54) is 12.8 Å². The van der Waals surface area contributed by atoms with Gasteiger partial charge in [0.05, 0.1) is 5.69 Å². The molecule has 4 rings (SSSR count). The SMILES string of the molecule is CC(=O)c1cccc(-c2cc(N3C[C@H]4CCCN[C@H]4C3)nc(N)n2)c1. The predicted molar refractivity (Wildman–Crippen MR) is 98.6 cm³/mol. The molecular formula is C19H23N5O. The van der Waals surface area contributed by atoms with Gasteiger partial charge < -0.3 is 16.0 Å². The van der Waals surface area contributed by atoms with Crippen molar-refractivity contribution in [2.75, 3.05) is 30.3 Å². The van der Waals surface area contributed by atoms with Gasteiger partial charge in [0.25, 0.3) is 0 Å². The molecule has 2 aliphatic heterocycles. The number of fused-ring (bicyclic) bond motifs is 1. The van der Waals surface area contributed by atoms with Crippen molar-refractivity contribution in [3.8, 4) is 11.3 Å². The van der Waals surface area contributed by atoms with Crippen LogP contribution >= 0.6 is 0 Å². The first-order valence-electron chi connectivity index (χ1n) is 8.84. The molecule has 3 N–H and O–H groups in total. The lowest BCUT2D eigenvalue weighted by Gasteiger charge is -2.24. The Balaban J connectivity index is 1.65. The van der Waals surface area contributed by atoms with E-state index in [1.807, 2.05) is 30.3 Å². The highest BCUT2D eigenvalue weighted by Crippen LogP contribution is 2.30. The van der Waals surface area contributed by atoms with Crippen molar-refractivity contribution >= 4 is 17.5 Å². The summed E-state index contributed by atoms with van der Waals surface area (Å²) in [7, 11) is 0. The van der Waals surface area contributed by atoms with Crippen LogP contribution in [0.25, 0.3) is 11.3 Å². The Morgan fingerprint density at radius 1 is 1.28 bits per heavy atom. The molecule has 25 heavy (non-hydrogen) atoms. The first-order valence-corrected chi connectivity index (χ1v) is 8.84. The molecule has 6 heteroatoms. The Labute approximate surface area is 147 Å². The highest BCUT2D eigenvalue weighted by molar-refractivity contribution is 5.95. The molecule has 0 bridgehead atoms. The number of nitrogens with two attached hydrogens (primary N) is 1. The van der Waals surface area contributed by atoms with Crippen LogP contribution in [0, 0.1) is 5.92 Å². The van der Waals surface area contributed by atoms with Crippen LogP contribution < -0.4 is 16.0 Å². The average molecular weight is 337 g/mol. The molecule has 2 fully saturated rings. The summed E-state index contributed by atoms with van der Waals surface area (Å²) in [6.07, 6.45) is 2.51. The van der Waals surface area contributed by atoms with Crippen LogP contribution in [-0.2, 0) is 0 Å². The van der Waals surface area contributed by atoms with Gasteiger partial charge in [0.1, 0.15) is 5.82 Å². The predicted octanol–water partition coefficient (Wildman–Crippen LogP) is 2.12. The summed E-state index contributed by atoms with van der Waals surface area (Å²) in [5, 5.41) is 3.61. The zero-order valence-electron chi connectivity index (χ0n) is 14.4. The summed E-state index contributed by atoms with van der Waals surface area (Å²) in [4.78, 5) is 22.8. The highest BCUT2D eigenvalue weighted by atomic mass is 16.1. The minimum absolute atomic E-state index is 0.0406. The molecule has 6 nitrogen and oxygen atoms in total. The Morgan fingerprint density at radius 2 is 2.16 bits per heavy atom. The number of anilines is 2. The molecule has 0 aliphatic carbocycles. The number of carbonyl (C=O) groups is 1. The van der Waals surface area contributed by atoms with Crippen molar-refractivity contribution in [1.82, 2.24) is 15.3 Å². The molecule has 2 atom stereocenters. The van der Waals surface area contributed by atoms with E-state index in [0.29, 0.717) is 17.5 Å². The minimum Gasteiger partial charge on any atom is -0.368 e. The van der Waals surface area contributed by atoms with Gasteiger partial charge in [-0.05, 0) is 38.3 Å². The van der Waals surface area contributed by atoms with Gasteiger partial charge in [-0.15, -0.1) is 0 Å². The van der Waals surface area contributed by atoms with Crippen LogP contribution in [0.4, 0.5) is 11.8 Å². The Hall–Kier alpha value is -2.47. The van der Waals surface area contributed by atoms with E-state index in [4.69, 9.17) is 5.73 Å². The molecule has 3 heterocycles. The van der Waals surface area contributed by atoms with Crippen LogP contribution in [0.5, 0.6) is 0 Å². The third-order valence-electron chi connectivity index (χ3n) is 5.22. The standard InChI is InChI=1S/C19H23N5O/c1-12(25)13-4-2-5-14(8-13)16-9-18(23-19(20)22-16)24-10-15-6-3-7-21-17(15)11-24/h2,4-5,8-9,15,17,21H,3,6-7,10-11H2,1H3,(H2,20,22,23)/t15-,17+/m1/s1. The topological polar surface area (TPSA) is 84.1 Å². The highest BCUT2D eigenvalue weighted by Gasteiger charge is 2.35. The van der Waals surface area contributed by atoms with Crippen LogP contribution in [0.2, 0.25) is 0 Å². The maximum Gasteiger partial charge on any atom is 0.222 e. The smallest absolute Gasteiger partial charge is 0.222 e. The number of piperidine rings is 1. The molecule has 2 saturated heterocycles. The largest absolute Gasteiger partial charge is 0.368 e. The maximum absolute atomic E-state index is 11.6. The summed E-state index contributed by atoms with van der Waals surface area (Å²) < 4.78 is 0. The summed E-state index contributed by atoms with van der Waals surface area (Å²) >= 11 is 0. The molecule has 0 saturated carbocycles. The lowest BCUT2D eigenvalue weighted by atomic mass is 9.94. The number of nitrogens with zero attached hydrogens (tertiary/aromatic N) is 3. The number of nitrogens with one attached hydrogen (secondary N) is 1. The third-order valence-corrected chi connectivity index (χ3v) is 5.22. The first-order chi connectivity index (χ1) is 12.1. The molecule has 0 unspecified atom stereocenters. The zero-order chi connectivity index (χ0) is 17.4. The number of Topliss-reactive ketones (excluding diaryl/α,β-unsaturated/α-hetero) is 1. The quantitative estimate of drug-likeness (QED) is 0.835. The second-order valence-corrected chi connectivity index (χ2v) is 6.97. The zero-order valence-corrected chi connectivity index (χ0v) is 14.4. The molecule has 0 spiro atoms. The first kappa shape index (κ1) is 16.0. The second-order valence-electron chi connectivity index (χ2n) is 6.97. The summed E-state index contributed by atoms with van der Waals surface area (Å²) in [6.45, 7) is 4.62. The number of aromatic nitrogens is 2. The maximum atomic E-state index is 11.6. The minimum atomic E-state index is 0.0406. The van der Waals surface area contributed by atoms with Gasteiger partial charge in [-0.2, -0.15) is 4.98 Å². The number of rotatable bonds is 3. The lowest BCUT2D eigenvalue weighted by Crippen LogP contribution is -2.40. The lowest BCUT2D eigenvalue weighted by molar-refractivity contribution is 0.101. The fraction of sp³-hybridized carbons (Fsp3) is 0.421. The molecule has 0 amide bonds. The van der Waals surface area contributed by atoms with Gasteiger partial charge in [0, 0.05) is 36.3 Å². The molecule has 1 aromatic heterocycles. The van der Waals surface area contributed by atoms with Gasteiger partial charge >= 0.3 is 0 Å². The summed E-state index contributed by atoms with van der Waals surface area (Å²) in [5.74, 6) is 1.85. The van der Waals surface area contributed by atoms with Gasteiger partial charge in [0.15, 0.2) is 5.78 Å². The van der Waals surface area contributed by atoms with Crippen molar-refractivity contribution in [2.45, 2.75) is 25.8 Å². The van der Waals surface area contributed by atoms with Crippen molar-refractivity contribution in [2.24, 2.45) is 5.92 Å².